The maximum Gasteiger partial charge on any atom is -0.000763 e. The van der Waals surface area contributed by atoms with E-state index in [9.17, 15) is 0 Å². The van der Waals surface area contributed by atoms with Gasteiger partial charge in [0.15, 0.2) is 0 Å². The van der Waals surface area contributed by atoms with E-state index >= 15 is 0 Å². The maximum atomic E-state index is 3.23. The monoisotopic (exact) mass is 228 g/mol. The molecule has 18 heavy (non-hydrogen) atoms. The third-order valence-electron chi connectivity index (χ3n) is 2.95. The van der Waals surface area contributed by atoms with Gasteiger partial charge in [0.05, 0.1) is 0 Å². The van der Waals surface area contributed by atoms with Crippen molar-refractivity contribution in [3.63, 3.8) is 0 Å². The van der Waals surface area contributed by atoms with Crippen LogP contribution in [0.3, 0.4) is 0 Å². The molecule has 0 amide bonds. The van der Waals surface area contributed by atoms with Crippen molar-refractivity contribution >= 4 is 0 Å². The summed E-state index contributed by atoms with van der Waals surface area (Å²) in [6.07, 6.45) is 0. The summed E-state index contributed by atoms with van der Waals surface area (Å²) in [6, 6.07) is 31.0. The van der Waals surface area contributed by atoms with E-state index in [1.807, 2.05) is 30.3 Å². The molecule has 0 nitrogen and oxygen atoms in total. The minimum absolute atomic E-state index is 1.10. The molecular weight excluding hydrogens is 216 g/mol. The third kappa shape index (κ3) is 2.05. The predicted molar refractivity (Wildman–Crippen MR) is 75.0 cm³/mol. The summed E-state index contributed by atoms with van der Waals surface area (Å²) >= 11 is 0. The standard InChI is InChI=1S/C18H12/c1-3-9-15(10-4-1)17-13-7-8-14-18(17)16-11-5-2-6-12-16/h1-7,9-13H. The van der Waals surface area contributed by atoms with Gasteiger partial charge < -0.3 is 0 Å². The van der Waals surface area contributed by atoms with Crippen molar-refractivity contribution in [3.8, 4) is 22.3 Å². The third-order valence-corrected chi connectivity index (χ3v) is 2.95. The molecule has 0 fully saturated rings. The van der Waals surface area contributed by atoms with Crippen LogP contribution in [-0.4, -0.2) is 0 Å². The van der Waals surface area contributed by atoms with Crippen molar-refractivity contribution < 1.29 is 0 Å². The second kappa shape index (κ2) is 4.89. The van der Waals surface area contributed by atoms with Crippen LogP contribution in [0.1, 0.15) is 0 Å². The molecule has 3 aromatic rings. The summed E-state index contributed by atoms with van der Waals surface area (Å²) in [5, 5.41) is 0. The average Bonchev–Trinajstić information content (AvgIpc) is 2.49. The SMILES string of the molecule is [c]1[c]c(-c2ccccc2)c(-c2ccccc2)cc1. The number of benzene rings is 3. The van der Waals surface area contributed by atoms with E-state index in [1.54, 1.807) is 0 Å². The Bertz CT molecular complexity index is 566. The summed E-state index contributed by atoms with van der Waals surface area (Å²) in [5.41, 5.74) is 4.68. The highest BCUT2D eigenvalue weighted by Crippen LogP contribution is 2.30. The molecule has 2 radical (unpaired) electrons. The normalized spacial score (nSPS) is 10.2. The van der Waals surface area contributed by atoms with Gasteiger partial charge in [-0.3, -0.25) is 0 Å². The van der Waals surface area contributed by atoms with Crippen LogP contribution in [0.5, 0.6) is 0 Å². The van der Waals surface area contributed by atoms with Gasteiger partial charge in [-0.05, 0) is 34.4 Å². The fraction of sp³-hybridized carbons (Fsp3) is 0. The van der Waals surface area contributed by atoms with Crippen LogP contribution in [0, 0.1) is 12.1 Å². The highest BCUT2D eigenvalue weighted by molar-refractivity contribution is 5.82. The Morgan fingerprint density at radius 1 is 0.611 bits per heavy atom. The first-order chi connectivity index (χ1) is 8.95. The van der Waals surface area contributed by atoms with Gasteiger partial charge in [-0.2, -0.15) is 0 Å². The molecule has 0 N–H and O–H groups in total. The molecule has 0 heteroatoms. The van der Waals surface area contributed by atoms with E-state index in [0.717, 1.165) is 5.56 Å². The first-order valence-corrected chi connectivity index (χ1v) is 5.98. The fourth-order valence-corrected chi connectivity index (χ4v) is 2.08. The Morgan fingerprint density at radius 3 is 1.89 bits per heavy atom. The summed E-state index contributed by atoms with van der Waals surface area (Å²) in [5.74, 6) is 0. The Balaban J connectivity index is 2.18. The van der Waals surface area contributed by atoms with Crippen molar-refractivity contribution in [1.29, 1.82) is 0 Å². The van der Waals surface area contributed by atoms with E-state index in [2.05, 4.69) is 54.6 Å². The van der Waals surface area contributed by atoms with Crippen molar-refractivity contribution in [2.75, 3.05) is 0 Å². The van der Waals surface area contributed by atoms with Gasteiger partial charge in [0.1, 0.15) is 0 Å². The van der Waals surface area contributed by atoms with Gasteiger partial charge in [-0.1, -0.05) is 72.8 Å². The van der Waals surface area contributed by atoms with E-state index in [-0.39, 0.29) is 0 Å². The molecule has 0 aliphatic carbocycles. The molecule has 0 atom stereocenters. The average molecular weight is 228 g/mol. The molecule has 0 aliphatic heterocycles. The van der Waals surface area contributed by atoms with E-state index in [0.29, 0.717) is 0 Å². The van der Waals surface area contributed by atoms with Crippen LogP contribution < -0.4 is 0 Å². The summed E-state index contributed by atoms with van der Waals surface area (Å²) < 4.78 is 0. The lowest BCUT2D eigenvalue weighted by atomic mass is 9.95. The van der Waals surface area contributed by atoms with E-state index in [1.165, 1.54) is 16.7 Å². The van der Waals surface area contributed by atoms with Crippen LogP contribution in [0.25, 0.3) is 22.3 Å². The van der Waals surface area contributed by atoms with Gasteiger partial charge in [0, 0.05) is 0 Å². The largest absolute Gasteiger partial charge is 0.0622 e. The Hall–Kier alpha value is -2.34. The van der Waals surface area contributed by atoms with Crippen molar-refractivity contribution in [1.82, 2.24) is 0 Å². The quantitative estimate of drug-likeness (QED) is 0.600. The molecule has 0 spiro atoms. The highest BCUT2D eigenvalue weighted by atomic mass is 14.1. The Morgan fingerprint density at radius 2 is 1.22 bits per heavy atom. The second-order valence-electron chi connectivity index (χ2n) is 4.12. The minimum atomic E-state index is 1.10. The summed E-state index contributed by atoms with van der Waals surface area (Å²) in [6.45, 7) is 0. The van der Waals surface area contributed by atoms with E-state index < -0.39 is 0 Å². The smallest absolute Gasteiger partial charge is 0.000763 e. The van der Waals surface area contributed by atoms with Gasteiger partial charge in [0.2, 0.25) is 0 Å². The topological polar surface area (TPSA) is 0 Å². The summed E-state index contributed by atoms with van der Waals surface area (Å²) in [4.78, 5) is 0. The molecule has 3 rings (SSSR count). The molecule has 0 unspecified atom stereocenters. The van der Waals surface area contributed by atoms with Crippen LogP contribution in [0.4, 0.5) is 0 Å². The molecule has 0 bridgehead atoms. The second-order valence-corrected chi connectivity index (χ2v) is 4.12. The lowest BCUT2D eigenvalue weighted by molar-refractivity contribution is 1.57. The van der Waals surface area contributed by atoms with Crippen molar-refractivity contribution in [3.05, 3.63) is 84.9 Å². The Labute approximate surface area is 108 Å². The van der Waals surface area contributed by atoms with Gasteiger partial charge in [-0.15, -0.1) is 0 Å². The van der Waals surface area contributed by atoms with Crippen LogP contribution in [-0.2, 0) is 0 Å². The molecule has 0 saturated heterocycles. The molecule has 84 valence electrons. The van der Waals surface area contributed by atoms with Crippen molar-refractivity contribution in [2.24, 2.45) is 0 Å². The Kier molecular flexibility index (Phi) is 2.93. The number of hydrogen-bond acceptors (Lipinski definition) is 0. The van der Waals surface area contributed by atoms with Crippen LogP contribution in [0.15, 0.2) is 72.8 Å². The summed E-state index contributed by atoms with van der Waals surface area (Å²) in [7, 11) is 0. The van der Waals surface area contributed by atoms with Gasteiger partial charge >= 0.3 is 0 Å². The first kappa shape index (κ1) is 10.8. The van der Waals surface area contributed by atoms with Gasteiger partial charge in [-0.25, -0.2) is 0 Å². The maximum absolute atomic E-state index is 3.23. The molecule has 0 aliphatic rings. The number of hydrogen-bond donors (Lipinski definition) is 0. The lowest BCUT2D eigenvalue weighted by Crippen LogP contribution is -1.84. The molecular formula is C18H12. The van der Waals surface area contributed by atoms with Crippen molar-refractivity contribution in [2.45, 2.75) is 0 Å². The minimum Gasteiger partial charge on any atom is -0.0622 e. The van der Waals surface area contributed by atoms with Crippen LogP contribution in [0.2, 0.25) is 0 Å². The predicted octanol–water partition coefficient (Wildman–Crippen LogP) is 4.62. The molecule has 3 aromatic carbocycles. The number of rotatable bonds is 2. The van der Waals surface area contributed by atoms with E-state index in [4.69, 9.17) is 0 Å². The first-order valence-electron chi connectivity index (χ1n) is 5.98. The zero-order chi connectivity index (χ0) is 12.2. The molecule has 0 saturated carbocycles. The lowest BCUT2D eigenvalue weighted by Gasteiger charge is -2.09. The molecule has 0 aromatic heterocycles. The highest BCUT2D eigenvalue weighted by Gasteiger charge is 2.05. The fourth-order valence-electron chi connectivity index (χ4n) is 2.08. The van der Waals surface area contributed by atoms with Crippen LogP contribution >= 0.6 is 0 Å². The van der Waals surface area contributed by atoms with Gasteiger partial charge in [0.25, 0.3) is 0 Å². The zero-order valence-electron chi connectivity index (χ0n) is 9.93. The molecule has 0 heterocycles. The zero-order valence-corrected chi connectivity index (χ0v) is 9.93.